The number of aromatic nitrogens is 1. The molecule has 1 aromatic carbocycles. The first-order chi connectivity index (χ1) is 9.38. The van der Waals surface area contributed by atoms with E-state index in [0.29, 0.717) is 20.2 Å². The Kier molecular flexibility index (Phi) is 4.39. The van der Waals surface area contributed by atoms with E-state index in [4.69, 9.17) is 5.11 Å². The summed E-state index contributed by atoms with van der Waals surface area (Å²) in [6, 6.07) is 4.34. The molecule has 2 rings (SSSR count). The van der Waals surface area contributed by atoms with E-state index in [1.807, 2.05) is 0 Å². The quantitative estimate of drug-likeness (QED) is 0.792. The Labute approximate surface area is 131 Å². The molecule has 1 heterocycles. The van der Waals surface area contributed by atoms with Gasteiger partial charge in [-0.1, -0.05) is 0 Å². The maximum Gasteiger partial charge on any atom is 0.339 e. The Balaban J connectivity index is 2.45. The second-order valence-electron chi connectivity index (χ2n) is 4.06. The molecule has 104 valence electrons. The van der Waals surface area contributed by atoms with Crippen molar-refractivity contribution in [2.24, 2.45) is 0 Å². The van der Waals surface area contributed by atoms with Crippen molar-refractivity contribution >= 4 is 49.3 Å². The van der Waals surface area contributed by atoms with Gasteiger partial charge in [0.1, 0.15) is 17.2 Å². The molecule has 0 aliphatic rings. The largest absolute Gasteiger partial charge is 0.478 e. The van der Waals surface area contributed by atoms with Crippen LogP contribution in [0.15, 0.2) is 33.3 Å². The Morgan fingerprint density at radius 2 is 2.05 bits per heavy atom. The van der Waals surface area contributed by atoms with E-state index in [2.05, 4.69) is 42.2 Å². The molecule has 1 aromatic heterocycles. The molecule has 0 atom stereocenters. The average Bonchev–Trinajstić information content (AvgIpc) is 2.37. The number of carboxylic acids is 1. The number of aromatic carboxylic acids is 1. The van der Waals surface area contributed by atoms with Crippen LogP contribution in [0.5, 0.6) is 0 Å². The molecule has 0 amide bonds. The molecule has 7 heteroatoms. The van der Waals surface area contributed by atoms with Gasteiger partial charge < -0.3 is 10.4 Å². The Hall–Kier alpha value is -1.47. The number of carboxylic acid groups (broad SMARTS) is 1. The number of nitrogens with zero attached hydrogens (tertiary/aromatic N) is 1. The smallest absolute Gasteiger partial charge is 0.339 e. The number of nitrogens with one attached hydrogen (secondary N) is 1. The second kappa shape index (κ2) is 5.88. The first-order valence-electron chi connectivity index (χ1n) is 5.50. The van der Waals surface area contributed by atoms with E-state index < -0.39 is 5.97 Å². The molecule has 0 saturated heterocycles. The Morgan fingerprint density at radius 3 is 2.70 bits per heavy atom. The van der Waals surface area contributed by atoms with Crippen LogP contribution in [-0.4, -0.2) is 16.1 Å². The highest BCUT2D eigenvalue weighted by Crippen LogP contribution is 2.28. The third-order valence-corrected chi connectivity index (χ3v) is 3.65. The molecule has 0 saturated carbocycles. The predicted octanol–water partition coefficient (Wildman–Crippen LogP) is 4.50. The maximum atomic E-state index is 13.4. The van der Waals surface area contributed by atoms with Gasteiger partial charge in [0.25, 0.3) is 0 Å². The maximum absolute atomic E-state index is 13.4. The van der Waals surface area contributed by atoms with Crippen molar-refractivity contribution in [3.05, 3.63) is 50.3 Å². The second-order valence-corrected chi connectivity index (χ2v) is 5.83. The summed E-state index contributed by atoms with van der Waals surface area (Å²) in [5, 5.41) is 12.1. The summed E-state index contributed by atoms with van der Waals surface area (Å²) in [5.74, 6) is -1.28. The Morgan fingerprint density at radius 1 is 1.35 bits per heavy atom. The number of hydrogen-bond donors (Lipinski definition) is 2. The van der Waals surface area contributed by atoms with Crippen LogP contribution in [0.25, 0.3) is 0 Å². The molecule has 4 nitrogen and oxygen atoms in total. The van der Waals surface area contributed by atoms with Crippen LogP contribution in [0.1, 0.15) is 15.9 Å². The number of rotatable bonds is 3. The van der Waals surface area contributed by atoms with E-state index in [9.17, 15) is 9.18 Å². The van der Waals surface area contributed by atoms with Gasteiger partial charge in [0.15, 0.2) is 0 Å². The minimum Gasteiger partial charge on any atom is -0.478 e. The van der Waals surface area contributed by atoms with Crippen LogP contribution in [0, 0.1) is 12.7 Å². The standard InChI is InChI=1S/C13H9Br2FN2O2/c1-6-2-10(16)9(15)4-11(6)18-12-8(13(19)20)3-7(14)5-17-12/h2-5H,1H3,(H,17,18)(H,19,20). The molecule has 0 bridgehead atoms. The number of pyridine rings is 1. The van der Waals surface area contributed by atoms with E-state index >= 15 is 0 Å². The van der Waals surface area contributed by atoms with Gasteiger partial charge in [-0.05, 0) is 62.5 Å². The minimum absolute atomic E-state index is 0.0271. The Bertz CT molecular complexity index is 692. The molecule has 0 unspecified atom stereocenters. The number of anilines is 2. The minimum atomic E-state index is -1.10. The van der Waals surface area contributed by atoms with Crippen LogP contribution in [0.2, 0.25) is 0 Å². The SMILES string of the molecule is Cc1cc(F)c(Br)cc1Nc1ncc(Br)cc1C(=O)O. The van der Waals surface area contributed by atoms with Crippen molar-refractivity contribution in [1.82, 2.24) is 4.98 Å². The van der Waals surface area contributed by atoms with E-state index in [-0.39, 0.29) is 17.2 Å². The predicted molar refractivity (Wildman–Crippen MR) is 81.0 cm³/mol. The lowest BCUT2D eigenvalue weighted by Crippen LogP contribution is -2.06. The number of benzene rings is 1. The van der Waals surface area contributed by atoms with Gasteiger partial charge in [-0.3, -0.25) is 0 Å². The van der Waals surface area contributed by atoms with Crippen LogP contribution >= 0.6 is 31.9 Å². The normalized spacial score (nSPS) is 10.4. The molecule has 20 heavy (non-hydrogen) atoms. The highest BCUT2D eigenvalue weighted by molar-refractivity contribution is 9.10. The third kappa shape index (κ3) is 3.16. The van der Waals surface area contributed by atoms with Gasteiger partial charge in [0.05, 0.1) is 4.47 Å². The van der Waals surface area contributed by atoms with Gasteiger partial charge in [-0.15, -0.1) is 0 Å². The summed E-state index contributed by atoms with van der Waals surface area (Å²) in [6.07, 6.45) is 1.49. The zero-order chi connectivity index (χ0) is 14.9. The fourth-order valence-electron chi connectivity index (χ4n) is 1.61. The highest BCUT2D eigenvalue weighted by atomic mass is 79.9. The molecule has 0 aliphatic carbocycles. The fourth-order valence-corrected chi connectivity index (χ4v) is 2.29. The summed E-state index contributed by atoms with van der Waals surface area (Å²) in [5.41, 5.74) is 1.25. The fraction of sp³-hybridized carbons (Fsp3) is 0.0769. The van der Waals surface area contributed by atoms with Crippen LogP contribution in [-0.2, 0) is 0 Å². The summed E-state index contributed by atoms with van der Waals surface area (Å²) in [4.78, 5) is 15.2. The summed E-state index contributed by atoms with van der Waals surface area (Å²) >= 11 is 6.27. The number of hydrogen-bond acceptors (Lipinski definition) is 3. The van der Waals surface area contributed by atoms with Crippen LogP contribution < -0.4 is 5.32 Å². The average molecular weight is 404 g/mol. The topological polar surface area (TPSA) is 62.2 Å². The molecule has 2 N–H and O–H groups in total. The van der Waals surface area contributed by atoms with Crippen molar-refractivity contribution < 1.29 is 14.3 Å². The third-order valence-electron chi connectivity index (χ3n) is 2.61. The number of aryl methyl sites for hydroxylation is 1. The summed E-state index contributed by atoms with van der Waals surface area (Å²) in [7, 11) is 0. The lowest BCUT2D eigenvalue weighted by molar-refractivity contribution is 0.0697. The molecule has 0 radical (unpaired) electrons. The van der Waals surface area contributed by atoms with Gasteiger partial charge in [0.2, 0.25) is 0 Å². The zero-order valence-corrected chi connectivity index (χ0v) is 13.4. The lowest BCUT2D eigenvalue weighted by Gasteiger charge is -2.12. The zero-order valence-electron chi connectivity index (χ0n) is 10.2. The van der Waals surface area contributed by atoms with Crippen molar-refractivity contribution in [2.75, 3.05) is 5.32 Å². The summed E-state index contributed by atoms with van der Waals surface area (Å²) in [6.45, 7) is 1.72. The number of halogens is 3. The molecular formula is C13H9Br2FN2O2. The highest BCUT2D eigenvalue weighted by Gasteiger charge is 2.14. The van der Waals surface area contributed by atoms with Crippen LogP contribution in [0.4, 0.5) is 15.9 Å². The van der Waals surface area contributed by atoms with Crippen molar-refractivity contribution in [3.63, 3.8) is 0 Å². The van der Waals surface area contributed by atoms with Gasteiger partial charge in [-0.25, -0.2) is 14.2 Å². The summed E-state index contributed by atoms with van der Waals surface area (Å²) < 4.78 is 14.2. The van der Waals surface area contributed by atoms with Crippen molar-refractivity contribution in [3.8, 4) is 0 Å². The van der Waals surface area contributed by atoms with Gasteiger partial charge in [-0.2, -0.15) is 0 Å². The molecule has 0 fully saturated rings. The first kappa shape index (κ1) is 14.9. The molecule has 0 spiro atoms. The van der Waals surface area contributed by atoms with Crippen molar-refractivity contribution in [1.29, 1.82) is 0 Å². The monoisotopic (exact) mass is 402 g/mol. The van der Waals surface area contributed by atoms with E-state index in [1.54, 1.807) is 13.0 Å². The van der Waals surface area contributed by atoms with Gasteiger partial charge in [0, 0.05) is 16.4 Å². The molecule has 0 aliphatic heterocycles. The number of carbonyl (C=O) groups is 1. The van der Waals surface area contributed by atoms with Crippen LogP contribution in [0.3, 0.4) is 0 Å². The van der Waals surface area contributed by atoms with E-state index in [0.717, 1.165) is 0 Å². The first-order valence-corrected chi connectivity index (χ1v) is 7.08. The van der Waals surface area contributed by atoms with Crippen molar-refractivity contribution in [2.45, 2.75) is 6.92 Å². The van der Waals surface area contributed by atoms with E-state index in [1.165, 1.54) is 18.3 Å². The molecule has 2 aromatic rings. The van der Waals surface area contributed by atoms with Gasteiger partial charge >= 0.3 is 5.97 Å². The lowest BCUT2D eigenvalue weighted by atomic mass is 10.2. The molecular weight excluding hydrogens is 395 g/mol.